The van der Waals surface area contributed by atoms with E-state index >= 15 is 0 Å². The first-order valence-corrected chi connectivity index (χ1v) is 5.96. The average molecular weight is 241 g/mol. The minimum atomic E-state index is -0.531. The molecule has 0 aliphatic heterocycles. The molecule has 0 heterocycles. The molecule has 0 aromatic heterocycles. The highest BCUT2D eigenvalue weighted by Crippen LogP contribution is 2.28. The van der Waals surface area contributed by atoms with Gasteiger partial charge in [0.1, 0.15) is 11.6 Å². The molecule has 17 heavy (non-hydrogen) atoms. The standard InChI is InChI=1S/C14H21F2N/c1-14(2,3)8-7-13(17-4)11-6-5-10(15)9-12(11)16/h5-6,9,13,17H,7-8H2,1-4H3. The fraction of sp³-hybridized carbons (Fsp3) is 0.571. The van der Waals surface area contributed by atoms with Crippen LogP contribution in [0, 0.1) is 17.0 Å². The highest BCUT2D eigenvalue weighted by molar-refractivity contribution is 5.22. The predicted octanol–water partition coefficient (Wildman–Crippen LogP) is 4.05. The van der Waals surface area contributed by atoms with Crippen LogP contribution in [0.4, 0.5) is 8.78 Å². The quantitative estimate of drug-likeness (QED) is 0.838. The molecule has 1 rings (SSSR count). The third-order valence-electron chi connectivity index (χ3n) is 2.87. The minimum Gasteiger partial charge on any atom is -0.313 e. The van der Waals surface area contributed by atoms with Gasteiger partial charge in [-0.1, -0.05) is 26.8 Å². The maximum absolute atomic E-state index is 13.6. The first-order valence-electron chi connectivity index (χ1n) is 5.96. The number of nitrogens with one attached hydrogen (secondary N) is 1. The maximum Gasteiger partial charge on any atom is 0.130 e. The lowest BCUT2D eigenvalue weighted by molar-refractivity contribution is 0.335. The van der Waals surface area contributed by atoms with E-state index in [-0.39, 0.29) is 11.5 Å². The monoisotopic (exact) mass is 241 g/mol. The van der Waals surface area contributed by atoms with Gasteiger partial charge in [0, 0.05) is 17.7 Å². The first-order chi connectivity index (χ1) is 7.83. The van der Waals surface area contributed by atoms with Gasteiger partial charge in [-0.3, -0.25) is 0 Å². The topological polar surface area (TPSA) is 12.0 Å². The van der Waals surface area contributed by atoms with Crippen molar-refractivity contribution in [1.82, 2.24) is 5.32 Å². The van der Waals surface area contributed by atoms with Crippen LogP contribution in [0.2, 0.25) is 0 Å². The largest absolute Gasteiger partial charge is 0.313 e. The van der Waals surface area contributed by atoms with Crippen molar-refractivity contribution in [3.63, 3.8) is 0 Å². The second-order valence-electron chi connectivity index (χ2n) is 5.61. The van der Waals surface area contributed by atoms with Crippen LogP contribution in [0.5, 0.6) is 0 Å². The fourth-order valence-electron chi connectivity index (χ4n) is 1.82. The third kappa shape index (κ3) is 4.43. The Labute approximate surface area is 102 Å². The average Bonchev–Trinajstić information content (AvgIpc) is 2.19. The Morgan fingerprint density at radius 2 is 1.88 bits per heavy atom. The van der Waals surface area contributed by atoms with Crippen LogP contribution < -0.4 is 5.32 Å². The second kappa shape index (κ2) is 5.58. The van der Waals surface area contributed by atoms with Crippen LogP contribution in [0.1, 0.15) is 45.2 Å². The van der Waals surface area contributed by atoms with Crippen molar-refractivity contribution in [2.24, 2.45) is 5.41 Å². The van der Waals surface area contributed by atoms with Crippen molar-refractivity contribution >= 4 is 0 Å². The summed E-state index contributed by atoms with van der Waals surface area (Å²) < 4.78 is 26.5. The summed E-state index contributed by atoms with van der Waals surface area (Å²) >= 11 is 0. The van der Waals surface area contributed by atoms with Gasteiger partial charge in [-0.2, -0.15) is 0 Å². The summed E-state index contributed by atoms with van der Waals surface area (Å²) in [5, 5.41) is 3.09. The van der Waals surface area contributed by atoms with Gasteiger partial charge in [0.15, 0.2) is 0 Å². The molecule has 0 saturated carbocycles. The van der Waals surface area contributed by atoms with Gasteiger partial charge in [0.25, 0.3) is 0 Å². The van der Waals surface area contributed by atoms with Gasteiger partial charge in [0.2, 0.25) is 0 Å². The van der Waals surface area contributed by atoms with E-state index in [1.54, 1.807) is 7.05 Å². The Balaban J connectivity index is 2.79. The summed E-state index contributed by atoms with van der Waals surface area (Å²) in [7, 11) is 1.80. The van der Waals surface area contributed by atoms with Crippen LogP contribution in [-0.4, -0.2) is 7.05 Å². The molecule has 0 aliphatic rings. The second-order valence-corrected chi connectivity index (χ2v) is 5.61. The lowest BCUT2D eigenvalue weighted by atomic mass is 9.87. The zero-order valence-electron chi connectivity index (χ0n) is 11.0. The molecule has 0 aliphatic carbocycles. The summed E-state index contributed by atoms with van der Waals surface area (Å²) in [6, 6.07) is 3.71. The molecule has 0 fully saturated rings. The summed E-state index contributed by atoms with van der Waals surface area (Å²) in [6.07, 6.45) is 1.82. The number of hydrogen-bond donors (Lipinski definition) is 1. The maximum atomic E-state index is 13.6. The molecular weight excluding hydrogens is 220 g/mol. The number of halogens is 2. The van der Waals surface area contributed by atoms with E-state index in [2.05, 4.69) is 26.1 Å². The van der Waals surface area contributed by atoms with Gasteiger partial charge in [-0.25, -0.2) is 8.78 Å². The zero-order valence-corrected chi connectivity index (χ0v) is 11.0. The lowest BCUT2D eigenvalue weighted by Crippen LogP contribution is -2.20. The van der Waals surface area contributed by atoms with Gasteiger partial charge >= 0.3 is 0 Å². The molecule has 1 nitrogen and oxygen atoms in total. The van der Waals surface area contributed by atoms with Gasteiger partial charge < -0.3 is 5.32 Å². The van der Waals surface area contributed by atoms with Crippen LogP contribution >= 0.6 is 0 Å². The number of rotatable bonds is 4. The van der Waals surface area contributed by atoms with E-state index in [4.69, 9.17) is 0 Å². The summed E-state index contributed by atoms with van der Waals surface area (Å²) in [5.41, 5.74) is 0.754. The lowest BCUT2D eigenvalue weighted by Gasteiger charge is -2.23. The van der Waals surface area contributed by atoms with E-state index < -0.39 is 11.6 Å². The third-order valence-corrected chi connectivity index (χ3v) is 2.87. The molecule has 0 radical (unpaired) electrons. The van der Waals surface area contributed by atoms with Crippen molar-refractivity contribution in [3.05, 3.63) is 35.4 Å². The molecule has 3 heteroatoms. The van der Waals surface area contributed by atoms with E-state index in [1.165, 1.54) is 12.1 Å². The Hall–Kier alpha value is -0.960. The van der Waals surface area contributed by atoms with Crippen LogP contribution in [-0.2, 0) is 0 Å². The Bertz CT molecular complexity index is 369. The smallest absolute Gasteiger partial charge is 0.130 e. The number of benzene rings is 1. The fourth-order valence-corrected chi connectivity index (χ4v) is 1.82. The van der Waals surface area contributed by atoms with Gasteiger partial charge in [-0.05, 0) is 31.4 Å². The molecule has 0 spiro atoms. The predicted molar refractivity (Wildman–Crippen MR) is 66.8 cm³/mol. The highest BCUT2D eigenvalue weighted by Gasteiger charge is 2.18. The Kier molecular flexibility index (Phi) is 4.63. The van der Waals surface area contributed by atoms with E-state index in [0.29, 0.717) is 5.56 Å². The Morgan fingerprint density at radius 3 is 2.35 bits per heavy atom. The Morgan fingerprint density at radius 1 is 1.24 bits per heavy atom. The van der Waals surface area contributed by atoms with E-state index in [1.807, 2.05) is 0 Å². The summed E-state index contributed by atoms with van der Waals surface area (Å²) in [4.78, 5) is 0. The van der Waals surface area contributed by atoms with Gasteiger partial charge in [0.05, 0.1) is 0 Å². The molecule has 1 N–H and O–H groups in total. The number of hydrogen-bond acceptors (Lipinski definition) is 1. The normalized spacial score (nSPS) is 13.8. The molecule has 1 atom stereocenters. The van der Waals surface area contributed by atoms with Crippen molar-refractivity contribution in [2.75, 3.05) is 7.05 Å². The molecule has 1 aromatic carbocycles. The van der Waals surface area contributed by atoms with Crippen LogP contribution in [0.3, 0.4) is 0 Å². The molecule has 1 unspecified atom stereocenters. The van der Waals surface area contributed by atoms with Gasteiger partial charge in [-0.15, -0.1) is 0 Å². The molecule has 0 amide bonds. The molecule has 0 saturated heterocycles. The van der Waals surface area contributed by atoms with E-state index in [0.717, 1.165) is 18.9 Å². The first kappa shape index (κ1) is 14.1. The van der Waals surface area contributed by atoms with Crippen molar-refractivity contribution < 1.29 is 8.78 Å². The SMILES string of the molecule is CNC(CCC(C)(C)C)c1ccc(F)cc1F. The minimum absolute atomic E-state index is 0.0603. The van der Waals surface area contributed by atoms with E-state index in [9.17, 15) is 8.78 Å². The van der Waals surface area contributed by atoms with Crippen molar-refractivity contribution in [3.8, 4) is 0 Å². The molecule has 96 valence electrons. The molecular formula is C14H21F2N. The van der Waals surface area contributed by atoms with Crippen LogP contribution in [0.15, 0.2) is 18.2 Å². The molecule has 1 aromatic rings. The van der Waals surface area contributed by atoms with Crippen LogP contribution in [0.25, 0.3) is 0 Å². The van der Waals surface area contributed by atoms with Crippen molar-refractivity contribution in [1.29, 1.82) is 0 Å². The zero-order chi connectivity index (χ0) is 13.1. The highest BCUT2D eigenvalue weighted by atomic mass is 19.1. The van der Waals surface area contributed by atoms with Crippen molar-refractivity contribution in [2.45, 2.75) is 39.7 Å². The summed E-state index contributed by atoms with van der Waals surface area (Å²) in [6.45, 7) is 6.46. The summed E-state index contributed by atoms with van der Waals surface area (Å²) in [5.74, 6) is -1.00. The molecule has 0 bridgehead atoms.